The second kappa shape index (κ2) is 10.1. The molecule has 0 atom stereocenters. The minimum Gasteiger partial charge on any atom is -0.474 e. The number of anilines is 1. The average Bonchev–Trinajstić information content (AvgIpc) is 2.74. The molecule has 0 unspecified atom stereocenters. The third-order valence-corrected chi connectivity index (χ3v) is 5.71. The molecule has 1 heterocycles. The van der Waals surface area contributed by atoms with Gasteiger partial charge in [0.05, 0.1) is 11.5 Å². The molecule has 0 spiro atoms. The number of nitrogens with one attached hydrogen (secondary N) is 2. The number of hydrogen-bond acceptors (Lipinski definition) is 6. The molecule has 1 amide bonds. The van der Waals surface area contributed by atoms with E-state index in [0.29, 0.717) is 18.9 Å². The molecular weight excluding hydrogens is 406 g/mol. The number of sulfonamides is 1. The van der Waals surface area contributed by atoms with Gasteiger partial charge in [-0.3, -0.25) is 4.79 Å². The van der Waals surface area contributed by atoms with Crippen molar-refractivity contribution in [2.75, 3.05) is 32.2 Å². The zero-order chi connectivity index (χ0) is 21.4. The summed E-state index contributed by atoms with van der Waals surface area (Å²) >= 11 is 0. The van der Waals surface area contributed by atoms with Gasteiger partial charge in [-0.25, -0.2) is 18.1 Å². The van der Waals surface area contributed by atoms with E-state index in [1.54, 1.807) is 43.6 Å². The maximum Gasteiger partial charge on any atom is 0.240 e. The van der Waals surface area contributed by atoms with Crippen LogP contribution in [0.4, 0.5) is 5.69 Å². The summed E-state index contributed by atoms with van der Waals surface area (Å²) < 4.78 is 37.9. The Hall–Kier alpha value is -3.01. The summed E-state index contributed by atoms with van der Waals surface area (Å²) in [5.41, 5.74) is 0.413. The van der Waals surface area contributed by atoms with E-state index in [-0.39, 0.29) is 29.6 Å². The molecule has 3 rings (SSSR count). The highest BCUT2D eigenvalue weighted by atomic mass is 32.2. The van der Waals surface area contributed by atoms with Crippen molar-refractivity contribution in [3.05, 3.63) is 60.8 Å². The summed E-state index contributed by atoms with van der Waals surface area (Å²) in [6, 6.07) is 15.7. The van der Waals surface area contributed by atoms with Gasteiger partial charge >= 0.3 is 0 Å². The van der Waals surface area contributed by atoms with Crippen molar-refractivity contribution in [3.63, 3.8) is 0 Å². The van der Waals surface area contributed by atoms with Crippen LogP contribution in [0.2, 0.25) is 0 Å². The predicted octanol–water partition coefficient (Wildman–Crippen LogP) is 2.57. The number of nitrogens with zero attached hydrogens (tertiary/aromatic N) is 1. The van der Waals surface area contributed by atoms with Crippen LogP contribution in [-0.4, -0.2) is 46.2 Å². The minimum atomic E-state index is -3.72. The van der Waals surface area contributed by atoms with Crippen molar-refractivity contribution in [2.24, 2.45) is 0 Å². The SMILES string of the molecule is COCCOc1ncccc1NC(=O)CCNS(=O)(=O)c1ccc2ccccc2c1. The van der Waals surface area contributed by atoms with Crippen LogP contribution >= 0.6 is 0 Å². The first-order valence-corrected chi connectivity index (χ1v) is 10.8. The van der Waals surface area contributed by atoms with Gasteiger partial charge in [0.15, 0.2) is 0 Å². The van der Waals surface area contributed by atoms with Crippen molar-refractivity contribution in [1.29, 1.82) is 0 Å². The second-order valence-electron chi connectivity index (χ2n) is 6.40. The number of hydrogen-bond donors (Lipinski definition) is 2. The Labute approximate surface area is 175 Å². The lowest BCUT2D eigenvalue weighted by atomic mass is 10.1. The first-order chi connectivity index (χ1) is 14.5. The Morgan fingerprint density at radius 2 is 1.83 bits per heavy atom. The highest BCUT2D eigenvalue weighted by Crippen LogP contribution is 2.21. The molecule has 1 aromatic heterocycles. The van der Waals surface area contributed by atoms with Gasteiger partial charge in [0.25, 0.3) is 0 Å². The Bertz CT molecular complexity index is 1120. The molecule has 9 heteroatoms. The molecule has 0 fully saturated rings. The number of ether oxygens (including phenoxy) is 2. The van der Waals surface area contributed by atoms with Gasteiger partial charge in [-0.2, -0.15) is 0 Å². The fraction of sp³-hybridized carbons (Fsp3) is 0.238. The van der Waals surface area contributed by atoms with Crippen molar-refractivity contribution in [3.8, 4) is 5.88 Å². The minimum absolute atomic E-state index is 0.0406. The van der Waals surface area contributed by atoms with E-state index in [0.717, 1.165) is 10.8 Å². The number of rotatable bonds is 10. The molecule has 0 saturated heterocycles. The molecule has 3 aromatic rings. The molecule has 0 aliphatic carbocycles. The molecule has 2 N–H and O–H groups in total. The molecule has 2 aromatic carbocycles. The van der Waals surface area contributed by atoms with E-state index in [1.807, 2.05) is 24.3 Å². The molecule has 8 nitrogen and oxygen atoms in total. The van der Waals surface area contributed by atoms with Crippen LogP contribution in [0.5, 0.6) is 5.88 Å². The van der Waals surface area contributed by atoms with Gasteiger partial charge in [0, 0.05) is 26.3 Å². The predicted molar refractivity (Wildman–Crippen MR) is 114 cm³/mol. The summed E-state index contributed by atoms with van der Waals surface area (Å²) in [6.45, 7) is 0.642. The average molecular weight is 429 g/mol. The van der Waals surface area contributed by atoms with Gasteiger partial charge in [0.2, 0.25) is 21.8 Å². The third-order valence-electron chi connectivity index (χ3n) is 4.25. The number of carbonyl (C=O) groups excluding carboxylic acids is 1. The molecular formula is C21H23N3O5S. The lowest BCUT2D eigenvalue weighted by molar-refractivity contribution is -0.116. The zero-order valence-electron chi connectivity index (χ0n) is 16.5. The van der Waals surface area contributed by atoms with Crippen LogP contribution in [-0.2, 0) is 19.6 Å². The lowest BCUT2D eigenvalue weighted by Crippen LogP contribution is -2.28. The number of fused-ring (bicyclic) bond motifs is 1. The highest BCUT2D eigenvalue weighted by Gasteiger charge is 2.15. The quantitative estimate of drug-likeness (QED) is 0.480. The maximum atomic E-state index is 12.5. The topological polar surface area (TPSA) is 107 Å². The summed E-state index contributed by atoms with van der Waals surface area (Å²) in [5, 5.41) is 4.47. The van der Waals surface area contributed by atoms with Crippen LogP contribution in [0.25, 0.3) is 10.8 Å². The molecule has 0 aliphatic heterocycles. The smallest absolute Gasteiger partial charge is 0.240 e. The van der Waals surface area contributed by atoms with E-state index >= 15 is 0 Å². The monoisotopic (exact) mass is 429 g/mol. The number of pyridine rings is 1. The maximum absolute atomic E-state index is 12.5. The third kappa shape index (κ3) is 5.76. The number of amides is 1. The highest BCUT2D eigenvalue weighted by molar-refractivity contribution is 7.89. The van der Waals surface area contributed by atoms with E-state index in [9.17, 15) is 13.2 Å². The summed E-state index contributed by atoms with van der Waals surface area (Å²) in [5.74, 6) is -0.0829. The zero-order valence-corrected chi connectivity index (χ0v) is 17.3. The molecule has 0 aliphatic rings. The van der Waals surface area contributed by atoms with Crippen LogP contribution in [0.1, 0.15) is 6.42 Å². The largest absolute Gasteiger partial charge is 0.474 e. The fourth-order valence-electron chi connectivity index (χ4n) is 2.75. The Morgan fingerprint density at radius 1 is 1.03 bits per heavy atom. The van der Waals surface area contributed by atoms with E-state index in [2.05, 4.69) is 15.0 Å². The van der Waals surface area contributed by atoms with Gasteiger partial charge in [-0.15, -0.1) is 0 Å². The van der Waals surface area contributed by atoms with Crippen LogP contribution < -0.4 is 14.8 Å². The van der Waals surface area contributed by atoms with Gasteiger partial charge in [0.1, 0.15) is 12.3 Å². The van der Waals surface area contributed by atoms with Gasteiger partial charge < -0.3 is 14.8 Å². The summed E-state index contributed by atoms with van der Waals surface area (Å²) in [7, 11) is -2.17. The number of benzene rings is 2. The molecule has 30 heavy (non-hydrogen) atoms. The van der Waals surface area contributed by atoms with Crippen molar-refractivity contribution in [1.82, 2.24) is 9.71 Å². The standard InChI is InChI=1S/C21H23N3O5S/c1-28-13-14-29-21-19(7-4-11-22-21)24-20(25)10-12-23-30(26,27)18-9-8-16-5-2-3-6-17(16)15-18/h2-9,11,15,23H,10,12-14H2,1H3,(H,24,25). The van der Waals surface area contributed by atoms with Crippen molar-refractivity contribution < 1.29 is 22.7 Å². The normalized spacial score (nSPS) is 11.4. The Balaban J connectivity index is 1.56. The summed E-state index contributed by atoms with van der Waals surface area (Å²) in [6.07, 6.45) is 1.51. The van der Waals surface area contributed by atoms with Crippen LogP contribution in [0.15, 0.2) is 65.7 Å². The molecule has 0 bridgehead atoms. The van der Waals surface area contributed by atoms with Crippen LogP contribution in [0, 0.1) is 0 Å². The summed E-state index contributed by atoms with van der Waals surface area (Å²) in [4.78, 5) is 16.5. The molecule has 0 saturated carbocycles. The van der Waals surface area contributed by atoms with Crippen molar-refractivity contribution >= 4 is 32.4 Å². The van der Waals surface area contributed by atoms with E-state index in [1.165, 1.54) is 0 Å². The molecule has 0 radical (unpaired) electrons. The van der Waals surface area contributed by atoms with Crippen molar-refractivity contribution in [2.45, 2.75) is 11.3 Å². The Morgan fingerprint density at radius 3 is 2.63 bits per heavy atom. The van der Waals surface area contributed by atoms with Crippen LogP contribution in [0.3, 0.4) is 0 Å². The lowest BCUT2D eigenvalue weighted by Gasteiger charge is -2.11. The van der Waals surface area contributed by atoms with E-state index < -0.39 is 10.0 Å². The number of carbonyl (C=O) groups is 1. The Kier molecular flexibility index (Phi) is 7.34. The first kappa shape index (κ1) is 21.7. The van der Waals surface area contributed by atoms with Gasteiger partial charge in [-0.05, 0) is 35.0 Å². The fourth-order valence-corrected chi connectivity index (χ4v) is 3.82. The number of aromatic nitrogens is 1. The first-order valence-electron chi connectivity index (χ1n) is 9.35. The van der Waals surface area contributed by atoms with E-state index in [4.69, 9.17) is 9.47 Å². The van der Waals surface area contributed by atoms with Gasteiger partial charge in [-0.1, -0.05) is 30.3 Å². The molecule has 158 valence electrons. The number of methoxy groups -OCH3 is 1. The second-order valence-corrected chi connectivity index (χ2v) is 8.17.